The summed E-state index contributed by atoms with van der Waals surface area (Å²) in [4.78, 5) is 16.1. The van der Waals surface area contributed by atoms with Gasteiger partial charge >= 0.3 is 0 Å². The van der Waals surface area contributed by atoms with Gasteiger partial charge in [-0.2, -0.15) is 5.10 Å². The van der Waals surface area contributed by atoms with Crippen LogP contribution in [0.5, 0.6) is 0 Å². The number of amides is 1. The molecule has 0 fully saturated rings. The quantitative estimate of drug-likeness (QED) is 0.277. The molecule has 1 unspecified atom stereocenters. The Labute approximate surface area is 114 Å². The highest BCUT2D eigenvalue weighted by molar-refractivity contribution is 6.01. The van der Waals surface area contributed by atoms with Crippen LogP contribution in [0.15, 0.2) is 35.7 Å². The first-order valence-corrected chi connectivity index (χ1v) is 5.86. The standard InChI is InChI=1S/C12H14N6O2/c1-7(11-14-6-15-17-11)16-12(19)9-4-2-3-8(5-9)10(13)18-20/h2-7,20H,1H3,(H2,13,18)(H,16,19)(H,14,15,17). The van der Waals surface area contributed by atoms with Gasteiger partial charge in [0.05, 0.1) is 6.04 Å². The van der Waals surface area contributed by atoms with Crippen molar-refractivity contribution in [3.8, 4) is 0 Å². The van der Waals surface area contributed by atoms with Gasteiger partial charge in [-0.3, -0.25) is 9.89 Å². The van der Waals surface area contributed by atoms with Gasteiger partial charge in [-0.1, -0.05) is 17.3 Å². The highest BCUT2D eigenvalue weighted by Crippen LogP contribution is 2.09. The smallest absolute Gasteiger partial charge is 0.251 e. The number of oxime groups is 1. The van der Waals surface area contributed by atoms with Crippen molar-refractivity contribution in [2.75, 3.05) is 0 Å². The fraction of sp³-hybridized carbons (Fsp3) is 0.167. The van der Waals surface area contributed by atoms with Crippen LogP contribution >= 0.6 is 0 Å². The molecule has 104 valence electrons. The molecule has 1 amide bonds. The molecular weight excluding hydrogens is 260 g/mol. The molecule has 1 atom stereocenters. The Hall–Kier alpha value is -2.90. The Bertz CT molecular complexity index is 623. The number of aromatic nitrogens is 3. The molecule has 1 aromatic carbocycles. The maximum absolute atomic E-state index is 12.1. The van der Waals surface area contributed by atoms with Crippen LogP contribution in [0, 0.1) is 0 Å². The molecule has 0 saturated heterocycles. The summed E-state index contributed by atoms with van der Waals surface area (Å²) in [5, 5.41) is 20.7. The third kappa shape index (κ3) is 2.91. The van der Waals surface area contributed by atoms with Crippen molar-refractivity contribution >= 4 is 11.7 Å². The Morgan fingerprint density at radius 2 is 2.25 bits per heavy atom. The van der Waals surface area contributed by atoms with Gasteiger partial charge in [0.25, 0.3) is 5.91 Å². The molecule has 1 heterocycles. The summed E-state index contributed by atoms with van der Waals surface area (Å²) in [7, 11) is 0. The summed E-state index contributed by atoms with van der Waals surface area (Å²) in [6.45, 7) is 1.78. The average Bonchev–Trinajstić information content (AvgIpc) is 3.00. The maximum atomic E-state index is 12.1. The van der Waals surface area contributed by atoms with E-state index in [-0.39, 0.29) is 17.8 Å². The van der Waals surface area contributed by atoms with Gasteiger partial charge in [-0.25, -0.2) is 4.98 Å². The summed E-state index contributed by atoms with van der Waals surface area (Å²) in [6.07, 6.45) is 1.37. The molecule has 0 aliphatic heterocycles. The molecule has 0 radical (unpaired) electrons. The number of amidine groups is 1. The summed E-state index contributed by atoms with van der Waals surface area (Å²) < 4.78 is 0. The zero-order valence-electron chi connectivity index (χ0n) is 10.7. The maximum Gasteiger partial charge on any atom is 0.251 e. The number of hydrogen-bond donors (Lipinski definition) is 4. The van der Waals surface area contributed by atoms with E-state index in [1.54, 1.807) is 25.1 Å². The van der Waals surface area contributed by atoms with Gasteiger partial charge in [0.15, 0.2) is 5.84 Å². The highest BCUT2D eigenvalue weighted by atomic mass is 16.4. The van der Waals surface area contributed by atoms with E-state index in [1.807, 2.05) is 0 Å². The van der Waals surface area contributed by atoms with Crippen LogP contribution in [0.3, 0.4) is 0 Å². The first-order valence-electron chi connectivity index (χ1n) is 5.86. The topological polar surface area (TPSA) is 129 Å². The van der Waals surface area contributed by atoms with Crippen LogP contribution in [0.25, 0.3) is 0 Å². The number of rotatable bonds is 4. The Kier molecular flexibility index (Phi) is 3.94. The second kappa shape index (κ2) is 5.83. The van der Waals surface area contributed by atoms with Gasteiger partial charge in [0.1, 0.15) is 12.2 Å². The molecule has 5 N–H and O–H groups in total. The van der Waals surface area contributed by atoms with Gasteiger partial charge in [0.2, 0.25) is 0 Å². The number of nitrogens with zero attached hydrogens (tertiary/aromatic N) is 3. The number of aromatic amines is 1. The lowest BCUT2D eigenvalue weighted by molar-refractivity contribution is 0.0938. The van der Waals surface area contributed by atoms with Crippen molar-refractivity contribution in [2.45, 2.75) is 13.0 Å². The molecule has 8 heteroatoms. The minimum atomic E-state index is -0.308. The molecule has 0 spiro atoms. The molecule has 0 aliphatic rings. The molecule has 0 bridgehead atoms. The lowest BCUT2D eigenvalue weighted by Gasteiger charge is -2.11. The van der Waals surface area contributed by atoms with E-state index in [0.29, 0.717) is 17.0 Å². The second-order valence-corrected chi connectivity index (χ2v) is 4.13. The van der Waals surface area contributed by atoms with Crippen molar-refractivity contribution in [1.82, 2.24) is 20.5 Å². The van der Waals surface area contributed by atoms with Crippen LogP contribution < -0.4 is 11.1 Å². The summed E-state index contributed by atoms with van der Waals surface area (Å²) >= 11 is 0. The molecule has 0 aliphatic carbocycles. The lowest BCUT2D eigenvalue weighted by atomic mass is 10.1. The van der Waals surface area contributed by atoms with Gasteiger partial charge in [-0.05, 0) is 19.1 Å². The first-order chi connectivity index (χ1) is 9.61. The van der Waals surface area contributed by atoms with Crippen molar-refractivity contribution in [3.63, 3.8) is 0 Å². The van der Waals surface area contributed by atoms with Crippen LogP contribution in [0.2, 0.25) is 0 Å². The zero-order chi connectivity index (χ0) is 14.5. The predicted molar refractivity (Wildman–Crippen MR) is 71.2 cm³/mol. The number of carbonyl (C=O) groups excluding carboxylic acids is 1. The third-order valence-electron chi connectivity index (χ3n) is 2.72. The van der Waals surface area contributed by atoms with E-state index in [9.17, 15) is 4.79 Å². The molecule has 1 aromatic heterocycles. The first kappa shape index (κ1) is 13.5. The van der Waals surface area contributed by atoms with Gasteiger partial charge in [0, 0.05) is 11.1 Å². The molecule has 2 rings (SSSR count). The molecule has 0 saturated carbocycles. The minimum absolute atomic E-state index is 0.0528. The normalized spacial score (nSPS) is 12.9. The summed E-state index contributed by atoms with van der Waals surface area (Å²) in [5.41, 5.74) is 6.36. The number of hydrogen-bond acceptors (Lipinski definition) is 5. The monoisotopic (exact) mass is 274 g/mol. The largest absolute Gasteiger partial charge is 0.409 e. The van der Waals surface area contributed by atoms with Crippen molar-refractivity contribution in [1.29, 1.82) is 0 Å². The molecular formula is C12H14N6O2. The van der Waals surface area contributed by atoms with Gasteiger partial charge < -0.3 is 16.3 Å². The van der Waals surface area contributed by atoms with Crippen LogP contribution in [-0.2, 0) is 0 Å². The Morgan fingerprint density at radius 3 is 2.90 bits per heavy atom. The molecule has 20 heavy (non-hydrogen) atoms. The number of nitrogens with two attached hydrogens (primary N) is 1. The van der Waals surface area contributed by atoms with E-state index in [2.05, 4.69) is 25.7 Å². The van der Waals surface area contributed by atoms with E-state index in [1.165, 1.54) is 12.4 Å². The SMILES string of the molecule is CC(NC(=O)c1cccc(/C(N)=N/O)c1)c1ncn[nH]1. The fourth-order valence-electron chi connectivity index (χ4n) is 1.65. The predicted octanol–water partition coefficient (Wildman–Crippen LogP) is 0.390. The van der Waals surface area contributed by atoms with Gasteiger partial charge in [-0.15, -0.1) is 0 Å². The summed E-state index contributed by atoms with van der Waals surface area (Å²) in [5.74, 6) is 0.218. The zero-order valence-corrected chi connectivity index (χ0v) is 10.7. The minimum Gasteiger partial charge on any atom is -0.409 e. The average molecular weight is 274 g/mol. The van der Waals surface area contributed by atoms with Crippen molar-refractivity contribution in [3.05, 3.63) is 47.5 Å². The van der Waals surface area contributed by atoms with E-state index >= 15 is 0 Å². The third-order valence-corrected chi connectivity index (χ3v) is 2.72. The number of H-pyrrole nitrogens is 1. The van der Waals surface area contributed by atoms with E-state index in [0.717, 1.165) is 0 Å². The Morgan fingerprint density at radius 1 is 1.50 bits per heavy atom. The van der Waals surface area contributed by atoms with Crippen molar-refractivity contribution in [2.24, 2.45) is 10.9 Å². The van der Waals surface area contributed by atoms with Crippen LogP contribution in [0.4, 0.5) is 0 Å². The second-order valence-electron chi connectivity index (χ2n) is 4.13. The highest BCUT2D eigenvalue weighted by Gasteiger charge is 2.14. The lowest BCUT2D eigenvalue weighted by Crippen LogP contribution is -2.27. The number of benzene rings is 1. The number of nitrogens with one attached hydrogen (secondary N) is 2. The van der Waals surface area contributed by atoms with Crippen LogP contribution in [-0.4, -0.2) is 32.1 Å². The van der Waals surface area contributed by atoms with E-state index in [4.69, 9.17) is 10.9 Å². The Balaban J connectivity index is 2.13. The number of carbonyl (C=O) groups is 1. The van der Waals surface area contributed by atoms with E-state index < -0.39 is 0 Å². The summed E-state index contributed by atoms with van der Waals surface area (Å²) in [6, 6.07) is 6.17. The van der Waals surface area contributed by atoms with Crippen molar-refractivity contribution < 1.29 is 10.0 Å². The fourth-order valence-corrected chi connectivity index (χ4v) is 1.65. The van der Waals surface area contributed by atoms with Crippen LogP contribution in [0.1, 0.15) is 34.7 Å². The molecule has 2 aromatic rings. The molecule has 8 nitrogen and oxygen atoms in total.